The molecular formula is C28H46O4. The average Bonchev–Trinajstić information content (AvgIpc) is 3.12. The van der Waals surface area contributed by atoms with Gasteiger partial charge in [-0.15, -0.1) is 0 Å². The molecule has 0 radical (unpaired) electrons. The second kappa shape index (κ2) is 9.29. The summed E-state index contributed by atoms with van der Waals surface area (Å²) in [5.74, 6) is 4.14. The summed E-state index contributed by atoms with van der Waals surface area (Å²) >= 11 is 0. The van der Waals surface area contributed by atoms with E-state index in [1.807, 2.05) is 0 Å². The summed E-state index contributed by atoms with van der Waals surface area (Å²) in [6.45, 7) is 13.5. The van der Waals surface area contributed by atoms with Crippen LogP contribution in [0.25, 0.3) is 0 Å². The smallest absolute Gasteiger partial charge is 0.293 e. The first-order valence-electron chi connectivity index (χ1n) is 13.5. The number of hydrogen-bond donors (Lipinski definition) is 0. The highest BCUT2D eigenvalue weighted by molar-refractivity contribution is 5.38. The van der Waals surface area contributed by atoms with Crippen LogP contribution in [-0.2, 0) is 19.1 Å². The second-order valence-corrected chi connectivity index (χ2v) is 12.3. The lowest BCUT2D eigenvalue weighted by atomic mass is 9.41. The number of carbonyl (C=O) groups excluding carboxylic acids is 2. The van der Waals surface area contributed by atoms with E-state index in [1.54, 1.807) is 0 Å². The van der Waals surface area contributed by atoms with E-state index in [-0.39, 0.29) is 17.6 Å². The van der Waals surface area contributed by atoms with Crippen LogP contribution in [0.1, 0.15) is 98.8 Å². The monoisotopic (exact) mass is 446 g/mol. The Balaban J connectivity index is 1.69. The standard InChI is InChI=1S/C28H46O4/c1-6-8-18(3)21-9-10-22-25-23(12-14-27(21,22)4)28(5)13-11-19(31-16-29)15-24(28)20(7-2)26(25)32-17-30/h16-26H,6-15H2,1-5H3/t18-,19-,20-,21?,22+,23+,24?,25+,26-,27?,28?/m1/s1. The lowest BCUT2D eigenvalue weighted by Crippen LogP contribution is -2.62. The van der Waals surface area contributed by atoms with Crippen LogP contribution < -0.4 is 0 Å². The molecule has 4 nitrogen and oxygen atoms in total. The summed E-state index contributed by atoms with van der Waals surface area (Å²) in [7, 11) is 0. The predicted molar refractivity (Wildman–Crippen MR) is 126 cm³/mol. The molecule has 4 saturated carbocycles. The lowest BCUT2D eigenvalue weighted by molar-refractivity contribution is -0.213. The highest BCUT2D eigenvalue weighted by Gasteiger charge is 2.65. The Morgan fingerprint density at radius 1 is 0.906 bits per heavy atom. The molecule has 0 amide bonds. The maximum absolute atomic E-state index is 11.8. The summed E-state index contributed by atoms with van der Waals surface area (Å²) in [5.41, 5.74) is 0.630. The predicted octanol–water partition coefficient (Wildman–Crippen LogP) is 6.41. The SMILES string of the molecule is CCC[C@@H](C)C1CC[C@H]2[C@@H]3[C@H](OC=O)[C@H](CC)C4C[C@H](OC=O)CCC4(C)[C@H]3CCC12C. The zero-order valence-corrected chi connectivity index (χ0v) is 21.1. The third kappa shape index (κ3) is 3.63. The van der Waals surface area contributed by atoms with Gasteiger partial charge in [-0.05, 0) is 97.7 Å². The number of fused-ring (bicyclic) bond motifs is 5. The van der Waals surface area contributed by atoms with Crippen molar-refractivity contribution in [2.24, 2.45) is 52.3 Å². The Bertz CT molecular complexity index is 678. The van der Waals surface area contributed by atoms with Gasteiger partial charge in [0.2, 0.25) is 0 Å². The molecule has 4 aliphatic carbocycles. The van der Waals surface area contributed by atoms with Crippen LogP contribution in [0.2, 0.25) is 0 Å². The van der Waals surface area contributed by atoms with E-state index < -0.39 is 0 Å². The molecule has 0 aromatic rings. The maximum Gasteiger partial charge on any atom is 0.293 e. The van der Waals surface area contributed by atoms with Gasteiger partial charge in [-0.2, -0.15) is 0 Å². The van der Waals surface area contributed by atoms with E-state index >= 15 is 0 Å². The van der Waals surface area contributed by atoms with Gasteiger partial charge in [0.05, 0.1) is 0 Å². The van der Waals surface area contributed by atoms with E-state index in [9.17, 15) is 9.59 Å². The van der Waals surface area contributed by atoms with Crippen molar-refractivity contribution in [1.82, 2.24) is 0 Å². The molecule has 4 heteroatoms. The van der Waals surface area contributed by atoms with Crippen molar-refractivity contribution in [2.45, 2.75) is 111 Å². The Hall–Kier alpha value is -1.06. The number of hydrogen-bond acceptors (Lipinski definition) is 4. The van der Waals surface area contributed by atoms with Gasteiger partial charge in [0.25, 0.3) is 12.9 Å². The molecular weight excluding hydrogens is 400 g/mol. The molecule has 4 unspecified atom stereocenters. The summed E-state index contributed by atoms with van der Waals surface area (Å²) in [5, 5.41) is 0. The number of ether oxygens (including phenoxy) is 2. The second-order valence-electron chi connectivity index (χ2n) is 12.3. The van der Waals surface area contributed by atoms with Crippen LogP contribution in [0.15, 0.2) is 0 Å². The Morgan fingerprint density at radius 3 is 2.25 bits per heavy atom. The van der Waals surface area contributed by atoms with Crippen LogP contribution in [0.3, 0.4) is 0 Å². The van der Waals surface area contributed by atoms with E-state index in [1.165, 1.54) is 38.5 Å². The molecule has 4 fully saturated rings. The normalized spacial score (nSPS) is 48.7. The molecule has 0 saturated heterocycles. The fourth-order valence-electron chi connectivity index (χ4n) is 10.00. The third-order valence-electron chi connectivity index (χ3n) is 11.3. The van der Waals surface area contributed by atoms with Gasteiger partial charge in [0, 0.05) is 5.92 Å². The minimum atomic E-state index is 0.0143. The van der Waals surface area contributed by atoms with Crippen molar-refractivity contribution in [3.05, 3.63) is 0 Å². The minimum Gasteiger partial charge on any atom is -0.465 e. The topological polar surface area (TPSA) is 52.6 Å². The highest BCUT2D eigenvalue weighted by atomic mass is 16.5. The Labute approximate surface area is 195 Å². The zero-order valence-electron chi connectivity index (χ0n) is 21.1. The summed E-state index contributed by atoms with van der Waals surface area (Å²) in [6.07, 6.45) is 11.9. The zero-order chi connectivity index (χ0) is 23.1. The molecule has 182 valence electrons. The van der Waals surface area contributed by atoms with Crippen molar-refractivity contribution in [3.8, 4) is 0 Å². The van der Waals surface area contributed by atoms with Crippen molar-refractivity contribution in [3.63, 3.8) is 0 Å². The van der Waals surface area contributed by atoms with E-state index in [0.717, 1.165) is 44.0 Å². The highest BCUT2D eigenvalue weighted by Crippen LogP contribution is 2.70. The first kappa shape index (κ1) is 24.1. The molecule has 11 atom stereocenters. The van der Waals surface area contributed by atoms with Crippen molar-refractivity contribution >= 4 is 12.9 Å². The Kier molecular flexibility index (Phi) is 6.99. The largest absolute Gasteiger partial charge is 0.465 e. The molecule has 32 heavy (non-hydrogen) atoms. The maximum atomic E-state index is 11.8. The van der Waals surface area contributed by atoms with Gasteiger partial charge in [-0.1, -0.05) is 47.5 Å². The fourth-order valence-corrected chi connectivity index (χ4v) is 10.00. The van der Waals surface area contributed by atoms with Crippen LogP contribution in [0, 0.1) is 52.3 Å². The molecule has 0 heterocycles. The molecule has 4 rings (SSSR count). The molecule has 0 N–H and O–H groups in total. The quantitative estimate of drug-likeness (QED) is 0.404. The first-order chi connectivity index (χ1) is 15.4. The van der Waals surface area contributed by atoms with Gasteiger partial charge in [0.1, 0.15) is 12.2 Å². The summed E-state index contributed by atoms with van der Waals surface area (Å²) < 4.78 is 11.5. The van der Waals surface area contributed by atoms with Crippen LogP contribution >= 0.6 is 0 Å². The van der Waals surface area contributed by atoms with Crippen molar-refractivity contribution < 1.29 is 19.1 Å². The minimum absolute atomic E-state index is 0.0143. The van der Waals surface area contributed by atoms with Crippen LogP contribution in [-0.4, -0.2) is 25.2 Å². The van der Waals surface area contributed by atoms with E-state index in [4.69, 9.17) is 9.47 Å². The van der Waals surface area contributed by atoms with Crippen molar-refractivity contribution in [2.75, 3.05) is 0 Å². The average molecular weight is 447 g/mol. The van der Waals surface area contributed by atoms with E-state index in [0.29, 0.717) is 41.5 Å². The molecule has 4 aliphatic rings. The lowest BCUT2D eigenvalue weighted by Gasteiger charge is -2.65. The third-order valence-corrected chi connectivity index (χ3v) is 11.3. The molecule has 0 bridgehead atoms. The molecule has 0 aliphatic heterocycles. The van der Waals surface area contributed by atoms with Gasteiger partial charge in [-0.25, -0.2) is 0 Å². The van der Waals surface area contributed by atoms with Gasteiger partial charge in [0.15, 0.2) is 0 Å². The number of rotatable bonds is 8. The van der Waals surface area contributed by atoms with Gasteiger partial charge < -0.3 is 9.47 Å². The number of carbonyl (C=O) groups is 2. The van der Waals surface area contributed by atoms with Crippen molar-refractivity contribution in [1.29, 1.82) is 0 Å². The Morgan fingerprint density at radius 2 is 1.59 bits per heavy atom. The van der Waals surface area contributed by atoms with E-state index in [2.05, 4.69) is 34.6 Å². The molecule has 0 spiro atoms. The fraction of sp³-hybridized carbons (Fsp3) is 0.929. The molecule has 0 aromatic heterocycles. The first-order valence-corrected chi connectivity index (χ1v) is 13.5. The van der Waals surface area contributed by atoms with Gasteiger partial charge >= 0.3 is 0 Å². The van der Waals surface area contributed by atoms with Crippen LogP contribution in [0.5, 0.6) is 0 Å². The summed E-state index contributed by atoms with van der Waals surface area (Å²) in [4.78, 5) is 22.8. The van der Waals surface area contributed by atoms with Crippen LogP contribution in [0.4, 0.5) is 0 Å². The molecule has 0 aromatic carbocycles. The summed E-state index contributed by atoms with van der Waals surface area (Å²) in [6, 6.07) is 0. The van der Waals surface area contributed by atoms with Gasteiger partial charge in [-0.3, -0.25) is 9.59 Å².